The van der Waals surface area contributed by atoms with Crippen molar-refractivity contribution in [1.82, 2.24) is 4.98 Å². The number of nitrogens with two attached hydrogens (primary N) is 1. The lowest BCUT2D eigenvalue weighted by Gasteiger charge is -2.11. The normalized spacial score (nSPS) is 11.4. The van der Waals surface area contributed by atoms with Crippen LogP contribution in [0.1, 0.15) is 24.9 Å². The number of benzene rings is 4. The Labute approximate surface area is 266 Å². The second-order valence-electron chi connectivity index (χ2n) is 10.4. The number of hydrogen-bond donors (Lipinski definition) is 2. The number of thiophene rings is 2. The summed E-state index contributed by atoms with van der Waals surface area (Å²) in [6.45, 7) is 0. The Kier molecular flexibility index (Phi) is 7.51. The van der Waals surface area contributed by atoms with Crippen molar-refractivity contribution < 1.29 is 14.0 Å². The van der Waals surface area contributed by atoms with E-state index in [2.05, 4.69) is 5.32 Å². The number of fused-ring (bicyclic) bond motifs is 2. The number of carbonyl (C=O) groups excluding carboxylic acids is 2. The summed E-state index contributed by atoms with van der Waals surface area (Å²) in [5.41, 5.74) is 10.9. The summed E-state index contributed by atoms with van der Waals surface area (Å²) in [6.07, 6.45) is 3.32. The fourth-order valence-corrected chi connectivity index (χ4v) is 6.94. The maximum atomic E-state index is 14.4. The van der Waals surface area contributed by atoms with Crippen LogP contribution in [0.5, 0.6) is 0 Å². The minimum atomic E-state index is -0.399. The standard InChI is InChI=1S/C37H24FN3O2S2/c38-25-9-3-8-24(20-25)30-21-31(29-12-4-7-22-6-1-2-11-28(22)29)41-37-33(30)34(39)35(45-37)36(43)40-26-15-13-23(14-16-26)32(42)18-17-27-10-5-19-44-27/h1-21H,39H2,(H,40,43)/b18-17+. The summed E-state index contributed by atoms with van der Waals surface area (Å²) < 4.78 is 14.4. The van der Waals surface area contributed by atoms with Crippen LogP contribution in [0, 0.1) is 5.82 Å². The number of carbonyl (C=O) groups is 2. The number of aromatic nitrogens is 1. The van der Waals surface area contributed by atoms with Gasteiger partial charge in [-0.15, -0.1) is 22.7 Å². The van der Waals surface area contributed by atoms with Gasteiger partial charge >= 0.3 is 0 Å². The lowest BCUT2D eigenvalue weighted by atomic mass is 9.97. The predicted molar refractivity (Wildman–Crippen MR) is 184 cm³/mol. The number of nitrogens with one attached hydrogen (secondary N) is 1. The largest absolute Gasteiger partial charge is 0.397 e. The lowest BCUT2D eigenvalue weighted by molar-refractivity contribution is 0.102. The maximum absolute atomic E-state index is 14.4. The second-order valence-corrected chi connectivity index (χ2v) is 12.3. The summed E-state index contributed by atoms with van der Waals surface area (Å²) in [7, 11) is 0. The van der Waals surface area contributed by atoms with Gasteiger partial charge in [0.25, 0.3) is 5.91 Å². The van der Waals surface area contributed by atoms with Crippen molar-refractivity contribution in [2.45, 2.75) is 0 Å². The summed E-state index contributed by atoms with van der Waals surface area (Å²) in [6, 6.07) is 32.9. The minimum Gasteiger partial charge on any atom is -0.397 e. The van der Waals surface area contributed by atoms with Crippen LogP contribution >= 0.6 is 22.7 Å². The first kappa shape index (κ1) is 28.3. The van der Waals surface area contributed by atoms with Gasteiger partial charge < -0.3 is 11.1 Å². The molecule has 8 heteroatoms. The molecule has 3 N–H and O–H groups in total. The number of anilines is 2. The van der Waals surface area contributed by atoms with E-state index in [0.717, 1.165) is 21.2 Å². The molecule has 0 spiro atoms. The summed E-state index contributed by atoms with van der Waals surface area (Å²) in [5.74, 6) is -0.906. The molecule has 218 valence electrons. The van der Waals surface area contributed by atoms with Crippen molar-refractivity contribution in [2.75, 3.05) is 11.1 Å². The number of amides is 1. The van der Waals surface area contributed by atoms with Gasteiger partial charge in [-0.1, -0.05) is 60.7 Å². The van der Waals surface area contributed by atoms with Gasteiger partial charge in [-0.05, 0) is 88.0 Å². The fraction of sp³-hybridized carbons (Fsp3) is 0. The molecule has 4 aromatic carbocycles. The first-order valence-electron chi connectivity index (χ1n) is 14.1. The molecule has 7 aromatic rings. The van der Waals surface area contributed by atoms with Crippen LogP contribution in [0.4, 0.5) is 15.8 Å². The van der Waals surface area contributed by atoms with Crippen molar-refractivity contribution in [3.8, 4) is 22.4 Å². The van der Waals surface area contributed by atoms with Crippen LogP contribution in [0.2, 0.25) is 0 Å². The van der Waals surface area contributed by atoms with E-state index in [1.54, 1.807) is 47.7 Å². The first-order chi connectivity index (χ1) is 21.9. The number of allylic oxidation sites excluding steroid dienone is 1. The maximum Gasteiger partial charge on any atom is 0.267 e. The highest BCUT2D eigenvalue weighted by atomic mass is 32.1. The van der Waals surface area contributed by atoms with Gasteiger partial charge in [0, 0.05) is 27.1 Å². The fourth-order valence-electron chi connectivity index (χ4n) is 5.31. The highest BCUT2D eigenvalue weighted by molar-refractivity contribution is 7.21. The van der Waals surface area contributed by atoms with Crippen molar-refractivity contribution in [1.29, 1.82) is 0 Å². The molecule has 0 saturated carbocycles. The highest BCUT2D eigenvalue weighted by Crippen LogP contribution is 2.42. The number of nitrogens with zero attached hydrogens (tertiary/aromatic N) is 1. The van der Waals surface area contributed by atoms with Gasteiger partial charge in [0.1, 0.15) is 15.5 Å². The first-order valence-corrected chi connectivity index (χ1v) is 15.8. The minimum absolute atomic E-state index is 0.132. The third-order valence-electron chi connectivity index (χ3n) is 7.48. The van der Waals surface area contributed by atoms with E-state index in [4.69, 9.17) is 10.7 Å². The van der Waals surface area contributed by atoms with Crippen LogP contribution < -0.4 is 11.1 Å². The Balaban J connectivity index is 1.25. The quantitative estimate of drug-likeness (QED) is 0.136. The molecule has 0 aliphatic rings. The van der Waals surface area contributed by atoms with E-state index >= 15 is 0 Å². The molecule has 0 radical (unpaired) electrons. The Morgan fingerprint density at radius 2 is 1.64 bits per heavy atom. The number of rotatable bonds is 7. The molecule has 3 aromatic heterocycles. The molecule has 5 nitrogen and oxygen atoms in total. The molecule has 0 aliphatic carbocycles. The molecule has 0 aliphatic heterocycles. The topological polar surface area (TPSA) is 85.1 Å². The number of halogens is 1. The van der Waals surface area contributed by atoms with Crippen LogP contribution in [0.3, 0.4) is 0 Å². The Morgan fingerprint density at radius 1 is 0.844 bits per heavy atom. The molecule has 0 bridgehead atoms. The van der Waals surface area contributed by atoms with Crippen molar-refractivity contribution in [3.05, 3.63) is 142 Å². The van der Waals surface area contributed by atoms with E-state index in [0.29, 0.717) is 43.2 Å². The van der Waals surface area contributed by atoms with E-state index in [-0.39, 0.29) is 17.3 Å². The molecular formula is C37H24FN3O2S2. The summed E-state index contributed by atoms with van der Waals surface area (Å²) in [4.78, 5) is 33.0. The average molecular weight is 626 g/mol. The molecule has 3 heterocycles. The molecule has 7 rings (SSSR count). The van der Waals surface area contributed by atoms with Gasteiger partial charge in [-0.2, -0.15) is 0 Å². The number of pyridine rings is 1. The molecular weight excluding hydrogens is 602 g/mol. The van der Waals surface area contributed by atoms with E-state index in [1.807, 2.05) is 72.1 Å². The number of hydrogen-bond acceptors (Lipinski definition) is 6. The van der Waals surface area contributed by atoms with Gasteiger partial charge in [0.05, 0.1) is 11.4 Å². The van der Waals surface area contributed by atoms with E-state index in [1.165, 1.54) is 29.5 Å². The zero-order valence-corrected chi connectivity index (χ0v) is 25.3. The van der Waals surface area contributed by atoms with Crippen LogP contribution in [0.25, 0.3) is 49.4 Å². The Hall–Kier alpha value is -5.44. The molecule has 0 atom stereocenters. The number of ketones is 1. The SMILES string of the molecule is Nc1c(C(=O)Nc2ccc(C(=O)/C=C/c3cccs3)cc2)sc2nc(-c3cccc4ccccc34)cc(-c3cccc(F)c3)c12. The van der Waals surface area contributed by atoms with Crippen molar-refractivity contribution in [3.63, 3.8) is 0 Å². The lowest BCUT2D eigenvalue weighted by Crippen LogP contribution is -2.12. The Morgan fingerprint density at radius 3 is 2.44 bits per heavy atom. The van der Waals surface area contributed by atoms with Gasteiger partial charge in [-0.25, -0.2) is 9.37 Å². The van der Waals surface area contributed by atoms with E-state index < -0.39 is 5.91 Å². The summed E-state index contributed by atoms with van der Waals surface area (Å²) >= 11 is 2.74. The zero-order chi connectivity index (χ0) is 30.9. The summed E-state index contributed by atoms with van der Waals surface area (Å²) in [5, 5.41) is 7.54. The van der Waals surface area contributed by atoms with Crippen LogP contribution in [-0.4, -0.2) is 16.7 Å². The second kappa shape index (κ2) is 11.9. The molecule has 0 fully saturated rings. The van der Waals surface area contributed by atoms with E-state index in [9.17, 15) is 14.0 Å². The number of nitrogen functional groups attached to an aromatic ring is 1. The van der Waals surface area contributed by atoms with Crippen LogP contribution in [-0.2, 0) is 0 Å². The van der Waals surface area contributed by atoms with Crippen molar-refractivity contribution >= 4 is 72.8 Å². The third kappa shape index (κ3) is 5.64. The average Bonchev–Trinajstić information content (AvgIpc) is 3.71. The predicted octanol–water partition coefficient (Wildman–Crippen LogP) is 9.71. The van der Waals surface area contributed by atoms with Gasteiger partial charge in [-0.3, -0.25) is 9.59 Å². The van der Waals surface area contributed by atoms with Gasteiger partial charge in [0.2, 0.25) is 0 Å². The monoisotopic (exact) mass is 625 g/mol. The molecule has 0 saturated heterocycles. The van der Waals surface area contributed by atoms with Crippen LogP contribution in [0.15, 0.2) is 121 Å². The molecule has 45 heavy (non-hydrogen) atoms. The molecule has 0 unspecified atom stereocenters. The highest BCUT2D eigenvalue weighted by Gasteiger charge is 2.22. The smallest absolute Gasteiger partial charge is 0.267 e. The molecule has 1 amide bonds. The Bertz CT molecular complexity index is 2250. The van der Waals surface area contributed by atoms with Gasteiger partial charge in [0.15, 0.2) is 5.78 Å². The third-order valence-corrected chi connectivity index (χ3v) is 9.41. The zero-order valence-electron chi connectivity index (χ0n) is 23.7. The van der Waals surface area contributed by atoms with Crippen molar-refractivity contribution in [2.24, 2.45) is 0 Å².